The van der Waals surface area contributed by atoms with Crippen molar-refractivity contribution >= 4 is 110 Å². The van der Waals surface area contributed by atoms with Gasteiger partial charge in [0.05, 0.1) is 13.1 Å². The van der Waals surface area contributed by atoms with Gasteiger partial charge >= 0.3 is 11.3 Å². The summed E-state index contributed by atoms with van der Waals surface area (Å²) >= 11 is 0. The smallest absolute Gasteiger partial charge is 0.308 e. The summed E-state index contributed by atoms with van der Waals surface area (Å²) in [6.45, 7) is 1.96. The van der Waals surface area contributed by atoms with Gasteiger partial charge in [-0.2, -0.15) is 0 Å². The van der Waals surface area contributed by atoms with Gasteiger partial charge in [0.25, 0.3) is 0 Å². The van der Waals surface area contributed by atoms with Crippen LogP contribution in [0.4, 0.5) is 0 Å². The van der Waals surface area contributed by atoms with E-state index >= 15 is 0 Å². The van der Waals surface area contributed by atoms with Crippen LogP contribution in [0.1, 0.15) is 12.8 Å². The third kappa shape index (κ3) is 5.65. The summed E-state index contributed by atoms with van der Waals surface area (Å²) in [6, 6.07) is 46.6. The Morgan fingerprint density at radius 2 is 0.883 bits per heavy atom. The molecule has 0 saturated heterocycles. The van der Waals surface area contributed by atoms with Crippen molar-refractivity contribution in [1.82, 2.24) is 29.9 Å². The van der Waals surface area contributed by atoms with E-state index in [1.807, 2.05) is 33.3 Å². The summed E-state index contributed by atoms with van der Waals surface area (Å²) in [6.07, 6.45) is 0.219. The van der Waals surface area contributed by atoms with E-state index in [1.165, 1.54) is 32.3 Å². The van der Waals surface area contributed by atoms with E-state index in [-0.39, 0.29) is 58.6 Å². The Morgan fingerprint density at radius 1 is 0.483 bits per heavy atom. The largest absolute Gasteiger partial charge is 1.00 e. The van der Waals surface area contributed by atoms with Gasteiger partial charge in [-0.25, -0.2) is 9.13 Å². The standard InChI is InChI=1S/C48H34N8O2.2BrH/c57-41(49-23-25-53-37-17-1-3-19-39(37)55-43(53)27-35-31-13-5-9-29-11-7-15-33(45(29)31)47(35)51-55)21-22-42(58)50-24-26-54-38-18-2-4-20-40(38)56-44(54)28-36-32-14-6-10-30-12-8-16-34(46(30)32)48(36)52-56;;/h1-20,27-28H,21-26H2;2*1H. The quantitative estimate of drug-likeness (QED) is 0.214. The minimum absolute atomic E-state index is 0. The minimum Gasteiger partial charge on any atom is -1.00 e. The van der Waals surface area contributed by atoms with Gasteiger partial charge in [0, 0.05) is 46.5 Å². The molecule has 0 aliphatic rings. The van der Waals surface area contributed by atoms with Crippen molar-refractivity contribution in [2.45, 2.75) is 25.9 Å². The normalized spacial score (nSPS) is 11.9. The zero-order chi connectivity index (χ0) is 38.5. The molecule has 10 nitrogen and oxygen atoms in total. The number of hydrogen-bond donors (Lipinski definition) is 2. The molecule has 12 aromatic rings. The number of amides is 2. The van der Waals surface area contributed by atoms with Gasteiger partial charge in [-0.1, -0.05) is 116 Å². The molecular weight excluding hydrogens is 880 g/mol. The highest BCUT2D eigenvalue weighted by molar-refractivity contribution is 6.30. The van der Waals surface area contributed by atoms with Crippen LogP contribution in [0.5, 0.6) is 0 Å². The number of halogens is 2. The lowest BCUT2D eigenvalue weighted by Crippen LogP contribution is -3.00. The average Bonchev–Trinajstić information content (AvgIpc) is 3.96. The van der Waals surface area contributed by atoms with Crippen LogP contribution in [-0.2, 0) is 22.7 Å². The van der Waals surface area contributed by atoms with Gasteiger partial charge in [-0.05, 0) is 56.6 Å². The van der Waals surface area contributed by atoms with Crippen molar-refractivity contribution in [3.05, 3.63) is 133 Å². The van der Waals surface area contributed by atoms with Crippen molar-refractivity contribution in [3.8, 4) is 0 Å². The third-order valence-electron chi connectivity index (χ3n) is 12.0. The Labute approximate surface area is 363 Å². The number of para-hydroxylation sites is 4. The number of fused-ring (bicyclic) bond motifs is 12. The maximum Gasteiger partial charge on any atom is 0.308 e. The molecule has 0 unspecified atom stereocenters. The molecule has 0 saturated carbocycles. The lowest BCUT2D eigenvalue weighted by molar-refractivity contribution is -0.644. The lowest BCUT2D eigenvalue weighted by atomic mass is 10.1. The summed E-state index contributed by atoms with van der Waals surface area (Å²) < 4.78 is 8.47. The first-order valence-electron chi connectivity index (χ1n) is 19.9. The maximum atomic E-state index is 13.1. The highest BCUT2D eigenvalue weighted by Gasteiger charge is 2.26. The fraction of sp³-hybridized carbons (Fsp3) is 0.125. The molecular formula is C48H36Br2N8O2. The van der Waals surface area contributed by atoms with Crippen LogP contribution < -0.4 is 53.7 Å². The predicted octanol–water partition coefficient (Wildman–Crippen LogP) is 1.38. The number of nitrogens with one attached hydrogen (secondary N) is 2. The molecule has 12 rings (SSSR count). The molecule has 2 amide bonds. The molecule has 4 aromatic heterocycles. The van der Waals surface area contributed by atoms with Gasteiger partial charge < -0.3 is 44.6 Å². The number of rotatable bonds is 9. The van der Waals surface area contributed by atoms with Gasteiger partial charge in [0.15, 0.2) is 11.0 Å². The van der Waals surface area contributed by atoms with Crippen LogP contribution in [0.2, 0.25) is 0 Å². The highest BCUT2D eigenvalue weighted by atomic mass is 79.9. The molecule has 12 heteroatoms. The summed E-state index contributed by atoms with van der Waals surface area (Å²) in [5, 5.41) is 28.3. The summed E-state index contributed by atoms with van der Waals surface area (Å²) in [5.41, 5.74) is 8.00. The number of aromatic nitrogens is 6. The Bertz CT molecular complexity index is 3400. The Kier molecular flexibility index (Phi) is 9.22. The summed E-state index contributed by atoms with van der Waals surface area (Å²) in [5.74, 6) is -0.307. The zero-order valence-corrected chi connectivity index (χ0v) is 35.4. The van der Waals surface area contributed by atoms with Gasteiger partial charge in [0.1, 0.15) is 24.1 Å². The second-order valence-corrected chi connectivity index (χ2v) is 15.3. The minimum atomic E-state index is -0.153. The average molecular weight is 917 g/mol. The second kappa shape index (κ2) is 14.6. The first-order valence-corrected chi connectivity index (χ1v) is 19.9. The van der Waals surface area contributed by atoms with Crippen LogP contribution >= 0.6 is 0 Å². The van der Waals surface area contributed by atoms with Crippen molar-refractivity contribution in [3.63, 3.8) is 0 Å². The van der Waals surface area contributed by atoms with Gasteiger partial charge in [-0.3, -0.25) is 9.59 Å². The number of nitrogens with zero attached hydrogens (tertiary/aromatic N) is 6. The van der Waals surface area contributed by atoms with Crippen LogP contribution in [-0.4, -0.2) is 44.1 Å². The molecule has 60 heavy (non-hydrogen) atoms. The number of benzene rings is 6. The number of carbonyl (C=O) groups is 2. The van der Waals surface area contributed by atoms with E-state index in [0.717, 1.165) is 65.9 Å². The molecule has 0 aliphatic heterocycles. The van der Waals surface area contributed by atoms with Crippen molar-refractivity contribution in [1.29, 1.82) is 0 Å². The van der Waals surface area contributed by atoms with E-state index in [0.29, 0.717) is 26.2 Å². The Morgan fingerprint density at radius 3 is 1.32 bits per heavy atom. The van der Waals surface area contributed by atoms with Crippen LogP contribution in [0, 0.1) is 0 Å². The zero-order valence-electron chi connectivity index (χ0n) is 32.2. The number of carbonyl (C=O) groups excluding carboxylic acids is 2. The molecule has 0 radical (unpaired) electrons. The number of imidazole rings is 2. The van der Waals surface area contributed by atoms with Crippen molar-refractivity contribution in [2.24, 2.45) is 0 Å². The fourth-order valence-electron chi connectivity index (χ4n) is 9.48. The molecule has 294 valence electrons. The van der Waals surface area contributed by atoms with E-state index in [9.17, 15) is 9.59 Å². The fourth-order valence-corrected chi connectivity index (χ4v) is 9.48. The van der Waals surface area contributed by atoms with Crippen LogP contribution in [0.3, 0.4) is 0 Å². The number of hydrogen-bond acceptors (Lipinski definition) is 4. The van der Waals surface area contributed by atoms with Crippen molar-refractivity contribution < 1.29 is 52.7 Å². The monoisotopic (exact) mass is 914 g/mol. The van der Waals surface area contributed by atoms with Crippen LogP contribution in [0.15, 0.2) is 133 Å². The molecule has 0 bridgehead atoms. The molecule has 0 spiro atoms. The lowest BCUT2D eigenvalue weighted by Gasteiger charge is -2.06. The van der Waals surface area contributed by atoms with E-state index in [4.69, 9.17) is 10.2 Å². The second-order valence-electron chi connectivity index (χ2n) is 15.3. The Balaban J connectivity index is 0.00000216. The van der Waals surface area contributed by atoms with Crippen LogP contribution in [0.25, 0.3) is 98.3 Å². The summed E-state index contributed by atoms with van der Waals surface area (Å²) in [4.78, 5) is 26.1. The SMILES string of the molecule is O=C(CCC(=O)NCC[n+]1c2ccccc2n2nc3c(cc21)c1cccc2cccc3c21)NCC[n+]1c2ccccc2n2nc3c(cc21)c1cccc2cccc3c21.[Br-].[Br-]. The van der Waals surface area contributed by atoms with E-state index < -0.39 is 0 Å². The van der Waals surface area contributed by atoms with Gasteiger partial charge in [0.2, 0.25) is 22.8 Å². The topological polar surface area (TPSA) is 101 Å². The van der Waals surface area contributed by atoms with Gasteiger partial charge in [-0.15, -0.1) is 0 Å². The molecule has 2 N–H and O–H groups in total. The van der Waals surface area contributed by atoms with E-state index in [2.05, 4.69) is 129 Å². The van der Waals surface area contributed by atoms with E-state index in [1.54, 1.807) is 0 Å². The molecule has 8 aromatic carbocycles. The predicted molar refractivity (Wildman–Crippen MR) is 228 cm³/mol. The molecule has 0 aliphatic carbocycles. The van der Waals surface area contributed by atoms with Crippen molar-refractivity contribution in [2.75, 3.05) is 13.1 Å². The summed E-state index contributed by atoms with van der Waals surface area (Å²) in [7, 11) is 0. The first kappa shape index (κ1) is 37.7. The molecule has 4 heterocycles. The molecule has 0 atom stereocenters. The maximum absolute atomic E-state index is 13.1. The first-order chi connectivity index (χ1) is 28.6. The highest BCUT2D eigenvalue weighted by Crippen LogP contribution is 2.39. The Hall–Kier alpha value is -6.50. The molecule has 0 fully saturated rings. The third-order valence-corrected chi connectivity index (χ3v) is 12.0.